The van der Waals surface area contributed by atoms with E-state index in [2.05, 4.69) is 9.98 Å². The van der Waals surface area contributed by atoms with Crippen LogP contribution in [-0.4, -0.2) is 17.7 Å². The molecule has 0 atom stereocenters. The minimum Gasteiger partial charge on any atom is -0.290 e. The van der Waals surface area contributed by atoms with E-state index < -0.39 is 0 Å². The van der Waals surface area contributed by atoms with Crippen LogP contribution in [-0.2, 0) is 0 Å². The van der Waals surface area contributed by atoms with E-state index in [1.165, 1.54) is 4.88 Å². The molecule has 0 bridgehead atoms. The van der Waals surface area contributed by atoms with Crippen molar-refractivity contribution in [1.29, 1.82) is 0 Å². The molecule has 0 radical (unpaired) electrons. The van der Waals surface area contributed by atoms with E-state index in [9.17, 15) is 0 Å². The number of hydrogen-bond acceptors (Lipinski definition) is 3. The van der Waals surface area contributed by atoms with Crippen LogP contribution in [0.2, 0.25) is 0 Å². The molecular formula is C7H10N2S. The Morgan fingerprint density at radius 3 is 3.10 bits per heavy atom. The number of thiazole rings is 1. The van der Waals surface area contributed by atoms with Crippen molar-refractivity contribution in [3.05, 3.63) is 16.1 Å². The normalized spacial score (nSPS) is 11.0. The highest BCUT2D eigenvalue weighted by molar-refractivity contribution is 7.13. The molecule has 1 aromatic rings. The molecule has 0 fully saturated rings. The van der Waals surface area contributed by atoms with E-state index in [1.807, 2.05) is 26.3 Å². The largest absolute Gasteiger partial charge is 0.290 e. The smallest absolute Gasteiger partial charge is 0.134 e. The van der Waals surface area contributed by atoms with Gasteiger partial charge in [-0.3, -0.25) is 4.99 Å². The van der Waals surface area contributed by atoms with Gasteiger partial charge in [-0.05, 0) is 13.8 Å². The van der Waals surface area contributed by atoms with Crippen LogP contribution in [0, 0.1) is 6.92 Å². The fraction of sp³-hybridized carbons (Fsp3) is 0.429. The summed E-state index contributed by atoms with van der Waals surface area (Å²) in [5, 5.41) is 0.999. The topological polar surface area (TPSA) is 25.2 Å². The maximum absolute atomic E-state index is 4.12. The van der Waals surface area contributed by atoms with Crippen LogP contribution in [0.3, 0.4) is 0 Å². The van der Waals surface area contributed by atoms with Gasteiger partial charge in [0.1, 0.15) is 5.01 Å². The van der Waals surface area contributed by atoms with Crippen molar-refractivity contribution in [2.45, 2.75) is 13.8 Å². The SMILES string of the molecule is CCN=Cc1ncc(C)s1. The molecule has 10 heavy (non-hydrogen) atoms. The predicted molar refractivity (Wildman–Crippen MR) is 45.0 cm³/mol. The number of rotatable bonds is 2. The molecule has 3 heteroatoms. The van der Waals surface area contributed by atoms with Gasteiger partial charge < -0.3 is 0 Å². The first-order valence-electron chi connectivity index (χ1n) is 3.25. The van der Waals surface area contributed by atoms with Crippen molar-refractivity contribution in [3.63, 3.8) is 0 Å². The van der Waals surface area contributed by atoms with E-state index in [4.69, 9.17) is 0 Å². The molecule has 0 spiro atoms. The number of aliphatic imine (C=N–C) groups is 1. The Kier molecular flexibility index (Phi) is 2.57. The van der Waals surface area contributed by atoms with Crippen LogP contribution in [0.5, 0.6) is 0 Å². The monoisotopic (exact) mass is 154 g/mol. The average Bonchev–Trinajstić information content (AvgIpc) is 2.31. The van der Waals surface area contributed by atoms with Gasteiger partial charge in [0.2, 0.25) is 0 Å². The van der Waals surface area contributed by atoms with Crippen LogP contribution in [0.4, 0.5) is 0 Å². The highest BCUT2D eigenvalue weighted by atomic mass is 32.1. The van der Waals surface area contributed by atoms with Crippen molar-refractivity contribution in [1.82, 2.24) is 4.98 Å². The molecule has 0 amide bonds. The molecule has 0 N–H and O–H groups in total. The van der Waals surface area contributed by atoms with Crippen LogP contribution >= 0.6 is 11.3 Å². The summed E-state index contributed by atoms with van der Waals surface area (Å²) in [4.78, 5) is 9.43. The summed E-state index contributed by atoms with van der Waals surface area (Å²) in [6, 6.07) is 0. The lowest BCUT2D eigenvalue weighted by atomic mass is 10.6. The second kappa shape index (κ2) is 3.46. The Bertz CT molecular complexity index is 227. The number of nitrogens with zero attached hydrogens (tertiary/aromatic N) is 2. The van der Waals surface area contributed by atoms with E-state index in [0.717, 1.165) is 11.6 Å². The van der Waals surface area contributed by atoms with Crippen molar-refractivity contribution < 1.29 is 0 Å². The van der Waals surface area contributed by atoms with Gasteiger partial charge in [-0.2, -0.15) is 0 Å². The number of hydrogen-bond donors (Lipinski definition) is 0. The lowest BCUT2D eigenvalue weighted by Gasteiger charge is -1.78. The zero-order valence-corrected chi connectivity index (χ0v) is 6.98. The molecule has 0 aliphatic rings. The molecule has 54 valence electrons. The Hall–Kier alpha value is -0.700. The third-order valence-electron chi connectivity index (χ3n) is 1.02. The minimum absolute atomic E-state index is 0.832. The number of aryl methyl sites for hydroxylation is 1. The summed E-state index contributed by atoms with van der Waals surface area (Å²) in [6.45, 7) is 4.89. The quantitative estimate of drug-likeness (QED) is 0.597. The van der Waals surface area contributed by atoms with Gasteiger partial charge in [-0.1, -0.05) is 0 Å². The summed E-state index contributed by atoms with van der Waals surface area (Å²) >= 11 is 1.67. The summed E-state index contributed by atoms with van der Waals surface area (Å²) in [7, 11) is 0. The molecule has 0 saturated carbocycles. The Morgan fingerprint density at radius 2 is 2.60 bits per heavy atom. The lowest BCUT2D eigenvalue weighted by molar-refractivity contribution is 1.14. The predicted octanol–water partition coefficient (Wildman–Crippen LogP) is 1.89. The molecule has 1 heterocycles. The van der Waals surface area contributed by atoms with Crippen molar-refractivity contribution in [3.8, 4) is 0 Å². The average molecular weight is 154 g/mol. The molecule has 0 aliphatic carbocycles. The Labute approximate surface area is 64.6 Å². The third kappa shape index (κ3) is 1.92. The van der Waals surface area contributed by atoms with Gasteiger partial charge in [0, 0.05) is 17.6 Å². The van der Waals surface area contributed by atoms with Crippen LogP contribution in [0.25, 0.3) is 0 Å². The number of aromatic nitrogens is 1. The maximum Gasteiger partial charge on any atom is 0.134 e. The van der Waals surface area contributed by atoms with E-state index in [-0.39, 0.29) is 0 Å². The summed E-state index contributed by atoms with van der Waals surface area (Å²) < 4.78 is 0. The van der Waals surface area contributed by atoms with Crippen molar-refractivity contribution in [2.75, 3.05) is 6.54 Å². The molecule has 2 nitrogen and oxygen atoms in total. The third-order valence-corrected chi connectivity index (χ3v) is 1.87. The first-order chi connectivity index (χ1) is 4.83. The minimum atomic E-state index is 0.832. The van der Waals surface area contributed by atoms with Gasteiger partial charge in [-0.15, -0.1) is 11.3 Å². The first kappa shape index (κ1) is 7.41. The Balaban J connectivity index is 2.67. The second-order valence-electron chi connectivity index (χ2n) is 1.94. The summed E-state index contributed by atoms with van der Waals surface area (Å²) in [5.41, 5.74) is 0. The lowest BCUT2D eigenvalue weighted by Crippen LogP contribution is -1.77. The van der Waals surface area contributed by atoms with Crippen molar-refractivity contribution in [2.24, 2.45) is 4.99 Å². The standard InChI is InChI=1S/C7H10N2S/c1-3-8-5-7-9-4-6(2)10-7/h4-5H,3H2,1-2H3. The highest BCUT2D eigenvalue weighted by Crippen LogP contribution is 2.07. The van der Waals surface area contributed by atoms with Gasteiger partial charge in [0.15, 0.2) is 0 Å². The van der Waals surface area contributed by atoms with Crippen LogP contribution in [0.15, 0.2) is 11.2 Å². The second-order valence-corrected chi connectivity index (χ2v) is 3.20. The fourth-order valence-corrected chi connectivity index (χ4v) is 1.27. The van der Waals surface area contributed by atoms with E-state index >= 15 is 0 Å². The molecule has 0 aliphatic heterocycles. The zero-order valence-electron chi connectivity index (χ0n) is 6.16. The molecule has 1 rings (SSSR count). The Morgan fingerprint density at radius 1 is 1.80 bits per heavy atom. The van der Waals surface area contributed by atoms with Gasteiger partial charge >= 0.3 is 0 Å². The fourth-order valence-electron chi connectivity index (χ4n) is 0.601. The highest BCUT2D eigenvalue weighted by Gasteiger charge is 1.91. The van der Waals surface area contributed by atoms with E-state index in [1.54, 1.807) is 11.3 Å². The molecular weight excluding hydrogens is 144 g/mol. The summed E-state index contributed by atoms with van der Waals surface area (Å²) in [5.74, 6) is 0. The summed E-state index contributed by atoms with van der Waals surface area (Å²) in [6.07, 6.45) is 3.68. The van der Waals surface area contributed by atoms with Gasteiger partial charge in [0.25, 0.3) is 0 Å². The molecule has 0 unspecified atom stereocenters. The molecule has 0 saturated heterocycles. The maximum atomic E-state index is 4.12. The zero-order chi connectivity index (χ0) is 7.40. The van der Waals surface area contributed by atoms with Gasteiger partial charge in [0.05, 0.1) is 6.21 Å². The first-order valence-corrected chi connectivity index (χ1v) is 4.07. The van der Waals surface area contributed by atoms with Crippen LogP contribution < -0.4 is 0 Å². The van der Waals surface area contributed by atoms with Gasteiger partial charge in [-0.25, -0.2) is 4.98 Å². The molecule has 1 aromatic heterocycles. The molecule has 0 aromatic carbocycles. The van der Waals surface area contributed by atoms with E-state index in [0.29, 0.717) is 0 Å². The van der Waals surface area contributed by atoms with Crippen molar-refractivity contribution >= 4 is 17.6 Å². The van der Waals surface area contributed by atoms with Crippen LogP contribution in [0.1, 0.15) is 16.8 Å².